The number of carbonyl (C=O) groups is 1. The van der Waals surface area contributed by atoms with E-state index in [4.69, 9.17) is 4.52 Å². The summed E-state index contributed by atoms with van der Waals surface area (Å²) in [5.41, 5.74) is 0.689. The average molecular weight is 326 g/mol. The summed E-state index contributed by atoms with van der Waals surface area (Å²) in [6.07, 6.45) is 1.15. The molecule has 21 heavy (non-hydrogen) atoms. The Kier molecular flexibility index (Phi) is 4.69. The molecule has 0 spiro atoms. The van der Waals surface area contributed by atoms with Crippen LogP contribution in [0.3, 0.4) is 0 Å². The van der Waals surface area contributed by atoms with Crippen LogP contribution < -0.4 is 5.32 Å². The Morgan fingerprint density at radius 2 is 2.00 bits per heavy atom. The molecule has 8 heteroatoms. The van der Waals surface area contributed by atoms with E-state index in [1.54, 1.807) is 25.1 Å². The smallest absolute Gasteiger partial charge is 0.237 e. The highest BCUT2D eigenvalue weighted by molar-refractivity contribution is 8.00. The molecule has 1 amide bonds. The first-order chi connectivity index (χ1) is 9.84. The third kappa shape index (κ3) is 4.61. The number of aromatic nitrogens is 1. The zero-order chi connectivity index (χ0) is 15.5. The SMILES string of the molecule is Cc1cc(NC(=O)CSc2ccc(S(C)(=O)=O)cc2)on1. The molecule has 1 aromatic heterocycles. The topological polar surface area (TPSA) is 89.3 Å². The average Bonchev–Trinajstić information content (AvgIpc) is 2.81. The van der Waals surface area contributed by atoms with Crippen molar-refractivity contribution >= 4 is 33.4 Å². The number of nitrogens with one attached hydrogen (secondary N) is 1. The van der Waals surface area contributed by atoms with Crippen LogP contribution in [-0.2, 0) is 14.6 Å². The summed E-state index contributed by atoms with van der Waals surface area (Å²) in [5.74, 6) is 0.284. The van der Waals surface area contributed by atoms with Crippen LogP contribution in [0.15, 0.2) is 44.6 Å². The lowest BCUT2D eigenvalue weighted by Gasteiger charge is -2.03. The van der Waals surface area contributed by atoms with Crippen molar-refractivity contribution in [3.8, 4) is 0 Å². The molecule has 0 saturated carbocycles. The number of benzene rings is 1. The van der Waals surface area contributed by atoms with E-state index in [9.17, 15) is 13.2 Å². The fraction of sp³-hybridized carbons (Fsp3) is 0.231. The Hall–Kier alpha value is -1.80. The third-order valence-corrected chi connectivity index (χ3v) is 4.65. The maximum absolute atomic E-state index is 11.7. The van der Waals surface area contributed by atoms with Gasteiger partial charge in [0.2, 0.25) is 11.8 Å². The molecule has 1 heterocycles. The molecule has 0 aliphatic heterocycles. The van der Waals surface area contributed by atoms with E-state index in [2.05, 4.69) is 10.5 Å². The van der Waals surface area contributed by atoms with Gasteiger partial charge in [0.1, 0.15) is 0 Å². The monoisotopic (exact) mass is 326 g/mol. The second kappa shape index (κ2) is 6.31. The third-order valence-electron chi connectivity index (χ3n) is 2.51. The van der Waals surface area contributed by atoms with Gasteiger partial charge >= 0.3 is 0 Å². The predicted molar refractivity (Wildman–Crippen MR) is 80.1 cm³/mol. The van der Waals surface area contributed by atoms with Crippen molar-refractivity contribution in [1.82, 2.24) is 5.16 Å². The number of hydrogen-bond donors (Lipinski definition) is 1. The second-order valence-corrected chi connectivity index (χ2v) is 7.48. The minimum absolute atomic E-state index is 0.192. The lowest BCUT2D eigenvalue weighted by atomic mass is 10.4. The van der Waals surface area contributed by atoms with Crippen LogP contribution in [-0.4, -0.2) is 31.5 Å². The van der Waals surface area contributed by atoms with Gasteiger partial charge in [-0.05, 0) is 31.2 Å². The van der Waals surface area contributed by atoms with Crippen LogP contribution in [0, 0.1) is 6.92 Å². The molecule has 6 nitrogen and oxygen atoms in total. The molecule has 0 fully saturated rings. The Labute approximate surface area is 126 Å². The van der Waals surface area contributed by atoms with Gasteiger partial charge in [0.05, 0.1) is 16.3 Å². The van der Waals surface area contributed by atoms with Gasteiger partial charge in [-0.2, -0.15) is 0 Å². The van der Waals surface area contributed by atoms with Gasteiger partial charge in [0, 0.05) is 17.2 Å². The van der Waals surface area contributed by atoms with Gasteiger partial charge in [-0.3, -0.25) is 10.1 Å². The van der Waals surface area contributed by atoms with E-state index < -0.39 is 9.84 Å². The summed E-state index contributed by atoms with van der Waals surface area (Å²) >= 11 is 1.30. The first-order valence-electron chi connectivity index (χ1n) is 6.01. The zero-order valence-electron chi connectivity index (χ0n) is 11.5. The quantitative estimate of drug-likeness (QED) is 0.847. The molecule has 0 unspecified atom stereocenters. The number of sulfone groups is 1. The number of amides is 1. The fourth-order valence-corrected chi connectivity index (χ4v) is 2.86. The van der Waals surface area contributed by atoms with Crippen molar-refractivity contribution in [2.24, 2.45) is 0 Å². The molecule has 0 atom stereocenters. The summed E-state index contributed by atoms with van der Waals surface area (Å²) < 4.78 is 27.5. The highest BCUT2D eigenvalue weighted by Crippen LogP contribution is 2.20. The van der Waals surface area contributed by atoms with Crippen LogP contribution in [0.4, 0.5) is 5.88 Å². The number of hydrogen-bond acceptors (Lipinski definition) is 6. The Balaban J connectivity index is 1.89. The summed E-state index contributed by atoms with van der Waals surface area (Å²) in [6.45, 7) is 1.76. The van der Waals surface area contributed by atoms with Gasteiger partial charge in [-0.15, -0.1) is 11.8 Å². The van der Waals surface area contributed by atoms with E-state index >= 15 is 0 Å². The summed E-state index contributed by atoms with van der Waals surface area (Å²) in [5, 5.41) is 6.25. The highest BCUT2D eigenvalue weighted by atomic mass is 32.2. The minimum atomic E-state index is -3.20. The van der Waals surface area contributed by atoms with Crippen molar-refractivity contribution in [1.29, 1.82) is 0 Å². The van der Waals surface area contributed by atoms with Crippen LogP contribution in [0.25, 0.3) is 0 Å². The standard InChI is InChI=1S/C13H14N2O4S2/c1-9-7-13(19-15-9)14-12(16)8-20-10-3-5-11(6-4-10)21(2,17)18/h3-7H,8H2,1-2H3,(H,14,16). The normalized spacial score (nSPS) is 11.3. The van der Waals surface area contributed by atoms with Crippen molar-refractivity contribution in [3.05, 3.63) is 36.0 Å². The zero-order valence-corrected chi connectivity index (χ0v) is 13.1. The highest BCUT2D eigenvalue weighted by Gasteiger charge is 2.09. The Bertz CT molecular complexity index is 736. The van der Waals surface area contributed by atoms with Gasteiger partial charge in [0.15, 0.2) is 9.84 Å². The molecule has 0 aliphatic carbocycles. The predicted octanol–water partition coefficient (Wildman–Crippen LogP) is 2.12. The number of thioether (sulfide) groups is 1. The molecular formula is C13H14N2O4S2. The van der Waals surface area contributed by atoms with Crippen molar-refractivity contribution in [2.45, 2.75) is 16.7 Å². The Morgan fingerprint density at radius 1 is 1.33 bits per heavy atom. The maximum atomic E-state index is 11.7. The van der Waals surface area contributed by atoms with Crippen LogP contribution in [0.5, 0.6) is 0 Å². The van der Waals surface area contributed by atoms with Crippen molar-refractivity contribution in [3.63, 3.8) is 0 Å². The van der Waals surface area contributed by atoms with Crippen LogP contribution >= 0.6 is 11.8 Å². The lowest BCUT2D eigenvalue weighted by Crippen LogP contribution is -2.13. The first kappa shape index (κ1) is 15.6. The van der Waals surface area contributed by atoms with Gasteiger partial charge in [0.25, 0.3) is 0 Å². The second-order valence-electron chi connectivity index (χ2n) is 4.41. The van der Waals surface area contributed by atoms with Crippen LogP contribution in [0.2, 0.25) is 0 Å². The lowest BCUT2D eigenvalue weighted by molar-refractivity contribution is -0.113. The number of rotatable bonds is 5. The molecule has 0 aliphatic rings. The number of anilines is 1. The molecule has 0 saturated heterocycles. The fourth-order valence-electron chi connectivity index (χ4n) is 1.53. The van der Waals surface area contributed by atoms with Crippen molar-refractivity contribution in [2.75, 3.05) is 17.3 Å². The number of nitrogens with zero attached hydrogens (tertiary/aromatic N) is 1. The minimum Gasteiger partial charge on any atom is -0.338 e. The maximum Gasteiger partial charge on any atom is 0.237 e. The molecule has 2 aromatic rings. The first-order valence-corrected chi connectivity index (χ1v) is 8.88. The van der Waals surface area contributed by atoms with E-state index in [0.29, 0.717) is 11.6 Å². The summed E-state index contributed by atoms with van der Waals surface area (Å²) in [7, 11) is -3.20. The largest absolute Gasteiger partial charge is 0.338 e. The molecule has 112 valence electrons. The molecule has 2 rings (SSSR count). The number of aryl methyl sites for hydroxylation is 1. The molecule has 1 aromatic carbocycles. The Morgan fingerprint density at radius 3 is 2.52 bits per heavy atom. The van der Waals surface area contributed by atoms with E-state index in [1.807, 2.05) is 0 Å². The molecule has 1 N–H and O–H groups in total. The van der Waals surface area contributed by atoms with E-state index in [-0.39, 0.29) is 16.6 Å². The summed E-state index contributed by atoms with van der Waals surface area (Å²) in [6, 6.07) is 8.02. The number of carbonyl (C=O) groups excluding carboxylic acids is 1. The molecule has 0 bridgehead atoms. The van der Waals surface area contributed by atoms with E-state index in [0.717, 1.165) is 11.2 Å². The van der Waals surface area contributed by atoms with Crippen molar-refractivity contribution < 1.29 is 17.7 Å². The van der Waals surface area contributed by atoms with Crippen LogP contribution in [0.1, 0.15) is 5.69 Å². The summed E-state index contributed by atoms with van der Waals surface area (Å²) in [4.78, 5) is 12.8. The van der Waals surface area contributed by atoms with Gasteiger partial charge in [-0.1, -0.05) is 5.16 Å². The van der Waals surface area contributed by atoms with Gasteiger partial charge in [-0.25, -0.2) is 8.42 Å². The molecule has 0 radical (unpaired) electrons. The molecular weight excluding hydrogens is 312 g/mol. The van der Waals surface area contributed by atoms with Gasteiger partial charge < -0.3 is 4.52 Å². The van der Waals surface area contributed by atoms with E-state index in [1.165, 1.54) is 23.9 Å².